The lowest BCUT2D eigenvalue weighted by Gasteiger charge is -2.17. The first kappa shape index (κ1) is 9.07. The van der Waals surface area contributed by atoms with Gasteiger partial charge in [0.05, 0.1) is 0 Å². The Morgan fingerprint density at radius 2 is 2.00 bits per heavy atom. The maximum Gasteiger partial charge on any atom is 0.121 e. The quantitative estimate of drug-likeness (QED) is 0.688. The van der Waals surface area contributed by atoms with Crippen molar-refractivity contribution >= 4 is 0 Å². The highest BCUT2D eigenvalue weighted by molar-refractivity contribution is 5.26. The highest BCUT2D eigenvalue weighted by Crippen LogP contribution is 2.17. The fourth-order valence-electron chi connectivity index (χ4n) is 1.56. The van der Waals surface area contributed by atoms with Gasteiger partial charge in [-0.3, -0.25) is 0 Å². The zero-order chi connectivity index (χ0) is 9.80. The second-order valence-corrected chi connectivity index (χ2v) is 3.52. The van der Waals surface area contributed by atoms with E-state index in [1.807, 2.05) is 30.3 Å². The van der Waals surface area contributed by atoms with Crippen LogP contribution in [0.15, 0.2) is 54.1 Å². The summed E-state index contributed by atoms with van der Waals surface area (Å²) in [5.74, 6) is 0.942. The smallest absolute Gasteiger partial charge is 0.121 e. The summed E-state index contributed by atoms with van der Waals surface area (Å²) in [5.41, 5.74) is 1.28. The van der Waals surface area contributed by atoms with Crippen LogP contribution < -0.4 is 4.74 Å². The molecule has 1 aromatic rings. The van der Waals surface area contributed by atoms with Crippen LogP contribution in [-0.4, -0.2) is 6.10 Å². The van der Waals surface area contributed by atoms with Crippen LogP contribution in [0, 0.1) is 0 Å². The summed E-state index contributed by atoms with van der Waals surface area (Å²) in [6.45, 7) is 2.09. The first-order chi connectivity index (χ1) is 6.84. The predicted octanol–water partition coefficient (Wildman–Crippen LogP) is 3.34. The van der Waals surface area contributed by atoms with Crippen molar-refractivity contribution in [3.8, 4) is 5.75 Å². The van der Waals surface area contributed by atoms with Crippen molar-refractivity contribution in [3.63, 3.8) is 0 Å². The lowest BCUT2D eigenvalue weighted by molar-refractivity contribution is 0.251. The van der Waals surface area contributed by atoms with Gasteiger partial charge in [0, 0.05) is 6.42 Å². The largest absolute Gasteiger partial charge is 0.486 e. The van der Waals surface area contributed by atoms with Gasteiger partial charge in [0.1, 0.15) is 11.9 Å². The molecule has 0 bridgehead atoms. The topological polar surface area (TPSA) is 9.23 Å². The van der Waals surface area contributed by atoms with Gasteiger partial charge < -0.3 is 4.74 Å². The molecule has 0 aliphatic heterocycles. The minimum atomic E-state index is 0.197. The Bertz CT molecular complexity index is 349. The van der Waals surface area contributed by atoms with Gasteiger partial charge in [0.15, 0.2) is 0 Å². The molecule has 0 N–H and O–H groups in total. The highest BCUT2D eigenvalue weighted by atomic mass is 16.5. The molecule has 0 spiro atoms. The molecule has 0 heterocycles. The average molecular weight is 186 g/mol. The Balaban J connectivity index is 2.03. The fourth-order valence-corrected chi connectivity index (χ4v) is 1.56. The van der Waals surface area contributed by atoms with Crippen LogP contribution in [0.4, 0.5) is 0 Å². The number of benzene rings is 1. The molecule has 1 aliphatic rings. The van der Waals surface area contributed by atoms with Gasteiger partial charge in [-0.15, -0.1) is 0 Å². The summed E-state index contributed by atoms with van der Waals surface area (Å²) in [6.07, 6.45) is 7.61. The van der Waals surface area contributed by atoms with Crippen molar-refractivity contribution in [2.45, 2.75) is 19.4 Å². The van der Waals surface area contributed by atoms with Gasteiger partial charge in [-0.2, -0.15) is 0 Å². The third-order valence-corrected chi connectivity index (χ3v) is 2.23. The molecule has 1 unspecified atom stereocenters. The Labute approximate surface area is 84.7 Å². The molecule has 1 aromatic carbocycles. The van der Waals surface area contributed by atoms with Crippen molar-refractivity contribution in [1.82, 2.24) is 0 Å². The molecule has 0 radical (unpaired) electrons. The Morgan fingerprint density at radius 1 is 1.21 bits per heavy atom. The number of ether oxygens (including phenoxy) is 1. The number of allylic oxidation sites excluding steroid dienone is 2. The first-order valence-corrected chi connectivity index (χ1v) is 4.91. The van der Waals surface area contributed by atoms with Crippen LogP contribution in [0.3, 0.4) is 0 Å². The van der Waals surface area contributed by atoms with Crippen molar-refractivity contribution in [1.29, 1.82) is 0 Å². The van der Waals surface area contributed by atoms with Crippen LogP contribution in [0.2, 0.25) is 0 Å². The standard InChI is InChI=1S/C13H14O/c1-11-6-5-9-13(10-11)14-12-7-3-2-4-8-12/h2-8,10,13H,9H2,1H3. The van der Waals surface area contributed by atoms with E-state index in [-0.39, 0.29) is 6.10 Å². The lowest BCUT2D eigenvalue weighted by Crippen LogP contribution is -2.14. The summed E-state index contributed by atoms with van der Waals surface area (Å²) >= 11 is 0. The Hall–Kier alpha value is -1.50. The third-order valence-electron chi connectivity index (χ3n) is 2.23. The second-order valence-electron chi connectivity index (χ2n) is 3.52. The van der Waals surface area contributed by atoms with E-state index in [1.54, 1.807) is 0 Å². The average Bonchev–Trinajstić information content (AvgIpc) is 2.19. The van der Waals surface area contributed by atoms with E-state index in [1.165, 1.54) is 5.57 Å². The molecule has 1 heteroatoms. The summed E-state index contributed by atoms with van der Waals surface area (Å²) in [5, 5.41) is 0. The molecule has 0 amide bonds. The van der Waals surface area contributed by atoms with Crippen LogP contribution >= 0.6 is 0 Å². The fraction of sp³-hybridized carbons (Fsp3) is 0.231. The monoisotopic (exact) mass is 186 g/mol. The van der Waals surface area contributed by atoms with E-state index in [2.05, 4.69) is 25.2 Å². The number of hydrogen-bond acceptors (Lipinski definition) is 1. The molecule has 0 saturated heterocycles. The maximum atomic E-state index is 5.80. The van der Waals surface area contributed by atoms with Gasteiger partial charge >= 0.3 is 0 Å². The molecule has 1 nitrogen and oxygen atoms in total. The molecule has 0 saturated carbocycles. The second kappa shape index (κ2) is 4.14. The summed E-state index contributed by atoms with van der Waals surface area (Å²) in [4.78, 5) is 0. The highest BCUT2D eigenvalue weighted by Gasteiger charge is 2.08. The summed E-state index contributed by atoms with van der Waals surface area (Å²) < 4.78 is 5.80. The summed E-state index contributed by atoms with van der Waals surface area (Å²) in [6, 6.07) is 9.95. The third kappa shape index (κ3) is 2.25. The van der Waals surface area contributed by atoms with Crippen LogP contribution in [-0.2, 0) is 0 Å². The Kier molecular flexibility index (Phi) is 2.68. The van der Waals surface area contributed by atoms with E-state index in [0.717, 1.165) is 12.2 Å². The van der Waals surface area contributed by atoms with Crippen molar-refractivity contribution in [3.05, 3.63) is 54.1 Å². The maximum absolute atomic E-state index is 5.80. The van der Waals surface area contributed by atoms with E-state index < -0.39 is 0 Å². The van der Waals surface area contributed by atoms with E-state index in [0.29, 0.717) is 0 Å². The van der Waals surface area contributed by atoms with Crippen molar-refractivity contribution in [2.24, 2.45) is 0 Å². The predicted molar refractivity (Wildman–Crippen MR) is 58.4 cm³/mol. The first-order valence-electron chi connectivity index (χ1n) is 4.91. The van der Waals surface area contributed by atoms with Crippen LogP contribution in [0.1, 0.15) is 13.3 Å². The van der Waals surface area contributed by atoms with Gasteiger partial charge in [-0.05, 0) is 25.1 Å². The normalized spacial score (nSPS) is 20.4. The number of rotatable bonds is 2. The van der Waals surface area contributed by atoms with Gasteiger partial charge in [-0.1, -0.05) is 35.9 Å². The van der Waals surface area contributed by atoms with Crippen LogP contribution in [0.25, 0.3) is 0 Å². The molecule has 0 aromatic heterocycles. The molecule has 14 heavy (non-hydrogen) atoms. The van der Waals surface area contributed by atoms with Gasteiger partial charge in [0.2, 0.25) is 0 Å². The van der Waals surface area contributed by atoms with E-state index >= 15 is 0 Å². The van der Waals surface area contributed by atoms with Crippen molar-refractivity contribution < 1.29 is 4.74 Å². The van der Waals surface area contributed by atoms with E-state index in [9.17, 15) is 0 Å². The SMILES string of the molecule is CC1=CC(Oc2ccccc2)CC=C1. The zero-order valence-electron chi connectivity index (χ0n) is 8.31. The molecule has 2 rings (SSSR count). The Morgan fingerprint density at radius 3 is 2.71 bits per heavy atom. The molecule has 1 atom stereocenters. The van der Waals surface area contributed by atoms with Crippen LogP contribution in [0.5, 0.6) is 5.75 Å². The lowest BCUT2D eigenvalue weighted by atomic mass is 10.1. The zero-order valence-corrected chi connectivity index (χ0v) is 8.31. The minimum absolute atomic E-state index is 0.197. The van der Waals surface area contributed by atoms with Gasteiger partial charge in [-0.25, -0.2) is 0 Å². The minimum Gasteiger partial charge on any atom is -0.486 e. The molecule has 0 fully saturated rings. The number of para-hydroxylation sites is 1. The van der Waals surface area contributed by atoms with Gasteiger partial charge in [0.25, 0.3) is 0 Å². The molecular formula is C13H14O. The number of hydrogen-bond donors (Lipinski definition) is 0. The molecular weight excluding hydrogens is 172 g/mol. The summed E-state index contributed by atoms with van der Waals surface area (Å²) in [7, 11) is 0. The van der Waals surface area contributed by atoms with E-state index in [4.69, 9.17) is 4.74 Å². The molecule has 72 valence electrons. The molecule has 1 aliphatic carbocycles. The van der Waals surface area contributed by atoms with Crippen molar-refractivity contribution in [2.75, 3.05) is 0 Å².